The van der Waals surface area contributed by atoms with Gasteiger partial charge >= 0.3 is 5.97 Å². The number of nitrogens with one attached hydrogen (secondary N) is 1. The Bertz CT molecular complexity index is 626. The van der Waals surface area contributed by atoms with Gasteiger partial charge in [-0.25, -0.2) is 4.79 Å². The largest absolute Gasteiger partial charge is 0.475 e. The summed E-state index contributed by atoms with van der Waals surface area (Å²) < 4.78 is 4.56. The van der Waals surface area contributed by atoms with Gasteiger partial charge in [-0.15, -0.1) is 0 Å². The number of benzene rings is 1. The van der Waals surface area contributed by atoms with E-state index in [2.05, 4.69) is 15.0 Å². The van der Waals surface area contributed by atoms with Crippen molar-refractivity contribution in [2.45, 2.75) is 13.8 Å². The Balaban J connectivity index is 2.23. The molecule has 0 unspecified atom stereocenters. The summed E-state index contributed by atoms with van der Waals surface area (Å²) in [5.41, 5.74) is 2.21. The Kier molecular flexibility index (Phi) is 3.33. The second-order valence-corrected chi connectivity index (χ2v) is 4.10. The first-order valence-electron chi connectivity index (χ1n) is 5.56. The van der Waals surface area contributed by atoms with Crippen molar-refractivity contribution in [3.63, 3.8) is 0 Å². The fraction of sp³-hybridized carbons (Fsp3) is 0.154. The third-order valence-corrected chi connectivity index (χ3v) is 2.67. The van der Waals surface area contributed by atoms with Gasteiger partial charge in [0.25, 0.3) is 5.91 Å². The lowest BCUT2D eigenvalue weighted by Gasteiger charge is -2.08. The highest BCUT2D eigenvalue weighted by Gasteiger charge is 2.16. The van der Waals surface area contributed by atoms with Crippen LogP contribution in [0.5, 0.6) is 0 Å². The lowest BCUT2D eigenvalue weighted by Crippen LogP contribution is -2.15. The molecule has 0 aliphatic heterocycles. The van der Waals surface area contributed by atoms with Gasteiger partial charge in [0.05, 0.1) is 0 Å². The zero-order valence-corrected chi connectivity index (χ0v) is 10.4. The minimum atomic E-state index is -1.24. The summed E-state index contributed by atoms with van der Waals surface area (Å²) >= 11 is 0. The number of hydrogen-bond donors (Lipinski definition) is 2. The number of aryl methyl sites for hydroxylation is 2. The molecule has 6 heteroatoms. The second-order valence-electron chi connectivity index (χ2n) is 4.10. The van der Waals surface area contributed by atoms with Crippen molar-refractivity contribution < 1.29 is 19.2 Å². The van der Waals surface area contributed by atoms with E-state index in [0.717, 1.165) is 17.2 Å². The molecular formula is C13H12N2O4. The van der Waals surface area contributed by atoms with E-state index < -0.39 is 5.97 Å². The first-order valence-corrected chi connectivity index (χ1v) is 5.56. The highest BCUT2D eigenvalue weighted by atomic mass is 16.5. The molecule has 0 saturated heterocycles. The molecule has 0 aliphatic rings. The highest BCUT2D eigenvalue weighted by Crippen LogP contribution is 2.16. The predicted molar refractivity (Wildman–Crippen MR) is 67.3 cm³/mol. The van der Waals surface area contributed by atoms with E-state index in [9.17, 15) is 9.59 Å². The van der Waals surface area contributed by atoms with Gasteiger partial charge in [0.15, 0.2) is 5.82 Å². The van der Waals surface area contributed by atoms with Gasteiger partial charge < -0.3 is 14.9 Å². The SMILES string of the molecule is Cc1cccc(C)c1C(=O)Nc1cc(C(=O)O)on1. The number of carboxylic acid groups (broad SMARTS) is 1. The molecule has 6 nitrogen and oxygen atoms in total. The van der Waals surface area contributed by atoms with E-state index in [1.807, 2.05) is 32.0 Å². The zero-order valence-electron chi connectivity index (χ0n) is 10.4. The second kappa shape index (κ2) is 4.93. The van der Waals surface area contributed by atoms with Crippen LogP contribution in [0.3, 0.4) is 0 Å². The molecule has 1 aromatic heterocycles. The third-order valence-electron chi connectivity index (χ3n) is 2.67. The van der Waals surface area contributed by atoms with Crippen LogP contribution in [0.4, 0.5) is 5.82 Å². The summed E-state index contributed by atoms with van der Waals surface area (Å²) in [6, 6.07) is 6.68. The van der Waals surface area contributed by atoms with Crippen LogP contribution in [0.25, 0.3) is 0 Å². The average Bonchev–Trinajstić information content (AvgIpc) is 2.77. The Morgan fingerprint density at radius 2 is 1.89 bits per heavy atom. The van der Waals surface area contributed by atoms with Crippen LogP contribution in [-0.2, 0) is 0 Å². The van der Waals surface area contributed by atoms with Gasteiger partial charge in [0.2, 0.25) is 5.76 Å². The van der Waals surface area contributed by atoms with Gasteiger partial charge in [0.1, 0.15) is 0 Å². The van der Waals surface area contributed by atoms with Crippen LogP contribution in [-0.4, -0.2) is 22.1 Å². The Labute approximate surface area is 109 Å². The Hall–Kier alpha value is -2.63. The average molecular weight is 260 g/mol. The number of hydrogen-bond acceptors (Lipinski definition) is 4. The van der Waals surface area contributed by atoms with E-state index >= 15 is 0 Å². The zero-order chi connectivity index (χ0) is 14.0. The van der Waals surface area contributed by atoms with Crippen LogP contribution in [0, 0.1) is 13.8 Å². The van der Waals surface area contributed by atoms with E-state index in [1.54, 1.807) is 0 Å². The maximum Gasteiger partial charge on any atom is 0.374 e. The summed E-state index contributed by atoms with van der Waals surface area (Å²) in [7, 11) is 0. The molecule has 2 N–H and O–H groups in total. The fourth-order valence-corrected chi connectivity index (χ4v) is 1.79. The van der Waals surface area contributed by atoms with Crippen LogP contribution in [0.2, 0.25) is 0 Å². The van der Waals surface area contributed by atoms with Gasteiger partial charge in [-0.05, 0) is 25.0 Å². The van der Waals surface area contributed by atoms with Crippen LogP contribution >= 0.6 is 0 Å². The van der Waals surface area contributed by atoms with Crippen molar-refractivity contribution in [1.29, 1.82) is 0 Å². The van der Waals surface area contributed by atoms with Gasteiger partial charge in [-0.3, -0.25) is 4.79 Å². The van der Waals surface area contributed by atoms with Crippen molar-refractivity contribution in [2.24, 2.45) is 0 Å². The molecule has 0 bridgehead atoms. The summed E-state index contributed by atoms with van der Waals surface area (Å²) in [5.74, 6) is -1.83. The van der Waals surface area contributed by atoms with E-state index in [0.29, 0.717) is 5.56 Å². The van der Waals surface area contributed by atoms with Gasteiger partial charge in [0, 0.05) is 11.6 Å². The molecule has 0 fully saturated rings. The Morgan fingerprint density at radius 3 is 2.42 bits per heavy atom. The molecule has 0 saturated carbocycles. The number of rotatable bonds is 3. The van der Waals surface area contributed by atoms with E-state index in [1.165, 1.54) is 0 Å². The smallest absolute Gasteiger partial charge is 0.374 e. The number of amides is 1. The summed E-state index contributed by atoms with van der Waals surface area (Å²) in [6.07, 6.45) is 0. The van der Waals surface area contributed by atoms with Crippen molar-refractivity contribution in [3.8, 4) is 0 Å². The van der Waals surface area contributed by atoms with E-state index in [-0.39, 0.29) is 17.5 Å². The van der Waals surface area contributed by atoms with E-state index in [4.69, 9.17) is 5.11 Å². The van der Waals surface area contributed by atoms with Crippen LogP contribution in [0.15, 0.2) is 28.8 Å². The molecule has 0 atom stereocenters. The van der Waals surface area contributed by atoms with Crippen LogP contribution in [0.1, 0.15) is 32.0 Å². The maximum absolute atomic E-state index is 12.1. The molecule has 0 spiro atoms. The first-order chi connectivity index (χ1) is 8.99. The minimum Gasteiger partial charge on any atom is -0.475 e. The monoisotopic (exact) mass is 260 g/mol. The summed E-state index contributed by atoms with van der Waals surface area (Å²) in [4.78, 5) is 22.7. The summed E-state index contributed by atoms with van der Waals surface area (Å²) in [5, 5.41) is 14.7. The highest BCUT2D eigenvalue weighted by molar-refractivity contribution is 6.06. The molecule has 0 aliphatic carbocycles. The number of nitrogens with zero attached hydrogens (tertiary/aromatic N) is 1. The normalized spacial score (nSPS) is 10.2. The van der Waals surface area contributed by atoms with Crippen molar-refractivity contribution in [2.75, 3.05) is 5.32 Å². The fourth-order valence-electron chi connectivity index (χ4n) is 1.79. The standard InChI is InChI=1S/C13H12N2O4/c1-7-4-3-5-8(2)11(7)12(16)14-10-6-9(13(17)18)19-15-10/h3-6H,1-2H3,(H,17,18)(H,14,15,16). The maximum atomic E-state index is 12.1. The number of carbonyl (C=O) groups is 2. The molecule has 1 heterocycles. The molecule has 2 aromatic rings. The molecule has 1 amide bonds. The number of anilines is 1. The third kappa shape index (κ3) is 2.62. The topological polar surface area (TPSA) is 92.4 Å². The number of carboxylic acids is 1. The quantitative estimate of drug-likeness (QED) is 0.882. The molecule has 1 aromatic carbocycles. The summed E-state index contributed by atoms with van der Waals surface area (Å²) in [6.45, 7) is 3.65. The lowest BCUT2D eigenvalue weighted by atomic mass is 10.0. The molecular weight excluding hydrogens is 248 g/mol. The Morgan fingerprint density at radius 1 is 1.26 bits per heavy atom. The minimum absolute atomic E-state index is 0.0741. The predicted octanol–water partition coefficient (Wildman–Crippen LogP) is 2.24. The number of carbonyl (C=O) groups excluding carboxylic acids is 1. The number of aromatic carboxylic acids is 1. The van der Waals surface area contributed by atoms with Gasteiger partial charge in [-0.2, -0.15) is 0 Å². The van der Waals surface area contributed by atoms with Crippen molar-refractivity contribution in [3.05, 3.63) is 46.7 Å². The first kappa shape index (κ1) is 12.8. The molecule has 19 heavy (non-hydrogen) atoms. The molecule has 0 radical (unpaired) electrons. The molecule has 98 valence electrons. The molecule has 2 rings (SSSR count). The van der Waals surface area contributed by atoms with Crippen molar-refractivity contribution >= 4 is 17.7 Å². The number of aromatic nitrogens is 1. The van der Waals surface area contributed by atoms with Crippen LogP contribution < -0.4 is 5.32 Å². The lowest BCUT2D eigenvalue weighted by molar-refractivity contribution is 0.0652. The van der Waals surface area contributed by atoms with Gasteiger partial charge in [-0.1, -0.05) is 23.4 Å². The van der Waals surface area contributed by atoms with Crippen molar-refractivity contribution in [1.82, 2.24) is 5.16 Å².